The van der Waals surface area contributed by atoms with E-state index in [0.29, 0.717) is 6.42 Å². The predicted octanol–water partition coefficient (Wildman–Crippen LogP) is 4.93. The van der Waals surface area contributed by atoms with Gasteiger partial charge in [0, 0.05) is 35.2 Å². The summed E-state index contributed by atoms with van der Waals surface area (Å²) in [5, 5.41) is 2.31. The highest BCUT2D eigenvalue weighted by Gasteiger charge is 2.24. The van der Waals surface area contributed by atoms with E-state index in [9.17, 15) is 4.79 Å². The number of ketones is 1. The highest BCUT2D eigenvalue weighted by atomic mass is 16.1. The molecule has 1 aromatic heterocycles. The van der Waals surface area contributed by atoms with E-state index in [0.717, 1.165) is 16.6 Å². The number of Topliss-reactive ketones (excluding diaryl/α,β-unsaturated/α-hetero) is 1. The van der Waals surface area contributed by atoms with Crippen LogP contribution in [0.1, 0.15) is 29.9 Å². The van der Waals surface area contributed by atoms with Gasteiger partial charge < -0.3 is 0 Å². The van der Waals surface area contributed by atoms with Crippen LogP contribution >= 0.6 is 0 Å². The van der Waals surface area contributed by atoms with Gasteiger partial charge in [0.25, 0.3) is 0 Å². The number of fused-ring (bicyclic) bond motifs is 1. The first kappa shape index (κ1) is 15.4. The van der Waals surface area contributed by atoms with Gasteiger partial charge in [0.15, 0.2) is 5.78 Å². The summed E-state index contributed by atoms with van der Waals surface area (Å²) in [5.74, 6) is 0.412. The molecule has 23 heavy (non-hydrogen) atoms. The quantitative estimate of drug-likeness (QED) is 0.625. The van der Waals surface area contributed by atoms with E-state index < -0.39 is 0 Å². The SMILES string of the molecule is CC(C)C(Cc1nccc2ccccc12)C(=O)c1ccccc1. The second kappa shape index (κ2) is 6.74. The molecule has 1 unspecified atom stereocenters. The van der Waals surface area contributed by atoms with Crippen molar-refractivity contribution in [3.8, 4) is 0 Å². The molecule has 1 heterocycles. The Balaban J connectivity index is 1.95. The van der Waals surface area contributed by atoms with Crippen LogP contribution in [0.2, 0.25) is 0 Å². The Hall–Kier alpha value is -2.48. The van der Waals surface area contributed by atoms with E-state index in [1.165, 1.54) is 5.39 Å². The zero-order chi connectivity index (χ0) is 16.2. The number of rotatable bonds is 5. The summed E-state index contributed by atoms with van der Waals surface area (Å²) in [7, 11) is 0. The Kier molecular flexibility index (Phi) is 4.52. The summed E-state index contributed by atoms with van der Waals surface area (Å²) in [6.45, 7) is 4.22. The molecule has 0 saturated carbocycles. The van der Waals surface area contributed by atoms with Gasteiger partial charge in [0.05, 0.1) is 0 Å². The highest BCUT2D eigenvalue weighted by Crippen LogP contribution is 2.25. The van der Waals surface area contributed by atoms with E-state index in [4.69, 9.17) is 0 Å². The molecular weight excluding hydrogens is 282 g/mol. The van der Waals surface area contributed by atoms with Crippen LogP contribution in [0.3, 0.4) is 0 Å². The van der Waals surface area contributed by atoms with E-state index in [1.807, 2.05) is 54.7 Å². The van der Waals surface area contributed by atoms with Crippen LogP contribution < -0.4 is 0 Å². The molecule has 0 aliphatic heterocycles. The molecule has 0 amide bonds. The van der Waals surface area contributed by atoms with Gasteiger partial charge >= 0.3 is 0 Å². The lowest BCUT2D eigenvalue weighted by atomic mass is 9.83. The zero-order valence-electron chi connectivity index (χ0n) is 13.6. The van der Waals surface area contributed by atoms with Crippen LogP contribution in [0.4, 0.5) is 0 Å². The Morgan fingerprint density at radius 2 is 1.65 bits per heavy atom. The Morgan fingerprint density at radius 3 is 2.39 bits per heavy atom. The lowest BCUT2D eigenvalue weighted by molar-refractivity contribution is 0.0884. The molecule has 3 aromatic rings. The molecule has 0 radical (unpaired) electrons. The Labute approximate surface area is 137 Å². The number of carbonyl (C=O) groups is 1. The molecule has 116 valence electrons. The summed E-state index contributed by atoms with van der Waals surface area (Å²) < 4.78 is 0. The van der Waals surface area contributed by atoms with Crippen molar-refractivity contribution in [3.05, 3.63) is 78.1 Å². The Bertz CT molecular complexity index is 803. The number of carbonyl (C=O) groups excluding carboxylic acids is 1. The molecule has 0 aliphatic carbocycles. The average Bonchev–Trinajstić information content (AvgIpc) is 2.59. The van der Waals surface area contributed by atoms with Gasteiger partial charge in [-0.1, -0.05) is 68.4 Å². The van der Waals surface area contributed by atoms with Gasteiger partial charge in [0.2, 0.25) is 0 Å². The first-order chi connectivity index (χ1) is 11.2. The molecule has 0 N–H and O–H groups in total. The van der Waals surface area contributed by atoms with Crippen LogP contribution in [0, 0.1) is 11.8 Å². The Morgan fingerprint density at radius 1 is 0.957 bits per heavy atom. The first-order valence-electron chi connectivity index (χ1n) is 8.08. The van der Waals surface area contributed by atoms with E-state index in [-0.39, 0.29) is 17.6 Å². The van der Waals surface area contributed by atoms with Crippen molar-refractivity contribution >= 4 is 16.6 Å². The van der Waals surface area contributed by atoms with Crippen molar-refractivity contribution in [2.24, 2.45) is 11.8 Å². The molecule has 3 rings (SSSR count). The van der Waals surface area contributed by atoms with Crippen molar-refractivity contribution in [1.29, 1.82) is 0 Å². The maximum absolute atomic E-state index is 12.9. The molecule has 2 nitrogen and oxygen atoms in total. The minimum Gasteiger partial charge on any atom is -0.294 e. The molecule has 2 heteroatoms. The molecule has 1 atom stereocenters. The zero-order valence-corrected chi connectivity index (χ0v) is 13.6. The minimum atomic E-state index is -0.0595. The summed E-state index contributed by atoms with van der Waals surface area (Å²) in [4.78, 5) is 17.5. The third kappa shape index (κ3) is 3.31. The van der Waals surface area contributed by atoms with Gasteiger partial charge in [-0.3, -0.25) is 9.78 Å². The van der Waals surface area contributed by atoms with E-state index in [2.05, 4.69) is 31.0 Å². The van der Waals surface area contributed by atoms with Gasteiger partial charge in [-0.25, -0.2) is 0 Å². The number of pyridine rings is 1. The monoisotopic (exact) mass is 303 g/mol. The second-order valence-corrected chi connectivity index (χ2v) is 6.26. The maximum Gasteiger partial charge on any atom is 0.166 e. The summed E-state index contributed by atoms with van der Waals surface area (Å²) >= 11 is 0. The first-order valence-corrected chi connectivity index (χ1v) is 8.08. The smallest absolute Gasteiger partial charge is 0.166 e. The van der Waals surface area contributed by atoms with Gasteiger partial charge in [0.1, 0.15) is 0 Å². The van der Waals surface area contributed by atoms with Gasteiger partial charge in [-0.2, -0.15) is 0 Å². The van der Waals surface area contributed by atoms with Crippen LogP contribution in [-0.4, -0.2) is 10.8 Å². The fraction of sp³-hybridized carbons (Fsp3) is 0.238. The summed E-state index contributed by atoms with van der Waals surface area (Å²) in [6.07, 6.45) is 2.51. The standard InChI is InChI=1S/C21H21NO/c1-15(2)19(21(23)17-9-4-3-5-10-17)14-20-18-11-7-6-8-16(18)12-13-22-20/h3-13,15,19H,14H2,1-2H3. The lowest BCUT2D eigenvalue weighted by Crippen LogP contribution is -2.23. The maximum atomic E-state index is 12.9. The van der Waals surface area contributed by atoms with Crippen LogP contribution in [-0.2, 0) is 6.42 Å². The van der Waals surface area contributed by atoms with Crippen molar-refractivity contribution in [2.75, 3.05) is 0 Å². The van der Waals surface area contributed by atoms with E-state index in [1.54, 1.807) is 0 Å². The van der Waals surface area contributed by atoms with E-state index >= 15 is 0 Å². The highest BCUT2D eigenvalue weighted by molar-refractivity contribution is 5.98. The number of benzene rings is 2. The normalized spacial score (nSPS) is 12.5. The molecule has 0 aliphatic rings. The van der Waals surface area contributed by atoms with Crippen molar-refractivity contribution < 1.29 is 4.79 Å². The second-order valence-electron chi connectivity index (χ2n) is 6.26. The summed E-state index contributed by atoms with van der Waals surface area (Å²) in [5.41, 5.74) is 1.79. The molecule has 0 bridgehead atoms. The van der Waals surface area contributed by atoms with Crippen molar-refractivity contribution in [2.45, 2.75) is 20.3 Å². The molecule has 2 aromatic carbocycles. The third-order valence-corrected chi connectivity index (χ3v) is 4.37. The van der Waals surface area contributed by atoms with Gasteiger partial charge in [-0.15, -0.1) is 0 Å². The number of nitrogens with zero attached hydrogens (tertiary/aromatic N) is 1. The van der Waals surface area contributed by atoms with Crippen LogP contribution in [0.15, 0.2) is 66.9 Å². The summed E-state index contributed by atoms with van der Waals surface area (Å²) in [6, 6.07) is 19.8. The number of hydrogen-bond donors (Lipinski definition) is 0. The topological polar surface area (TPSA) is 30.0 Å². The van der Waals surface area contributed by atoms with Crippen LogP contribution in [0.5, 0.6) is 0 Å². The lowest BCUT2D eigenvalue weighted by Gasteiger charge is -2.20. The molecular formula is C21H21NO. The number of aromatic nitrogens is 1. The van der Waals surface area contributed by atoms with Crippen molar-refractivity contribution in [3.63, 3.8) is 0 Å². The fourth-order valence-electron chi connectivity index (χ4n) is 3.00. The number of hydrogen-bond acceptors (Lipinski definition) is 2. The van der Waals surface area contributed by atoms with Gasteiger partial charge in [-0.05, 0) is 17.4 Å². The van der Waals surface area contributed by atoms with Crippen LogP contribution in [0.25, 0.3) is 10.8 Å². The predicted molar refractivity (Wildman–Crippen MR) is 94.5 cm³/mol. The largest absolute Gasteiger partial charge is 0.294 e. The molecule has 0 fully saturated rings. The minimum absolute atomic E-state index is 0.0595. The average molecular weight is 303 g/mol. The fourth-order valence-corrected chi connectivity index (χ4v) is 3.00. The van der Waals surface area contributed by atoms with Crippen molar-refractivity contribution in [1.82, 2.24) is 4.98 Å². The molecule has 0 saturated heterocycles. The third-order valence-electron chi connectivity index (χ3n) is 4.37. The molecule has 0 spiro atoms.